The smallest absolute Gasteiger partial charge is 0.334 e. The van der Waals surface area contributed by atoms with E-state index in [0.29, 0.717) is 0 Å². The molecule has 0 radical (unpaired) electrons. The van der Waals surface area contributed by atoms with Crippen molar-refractivity contribution in [2.75, 3.05) is 6.61 Å². The minimum Gasteiger partial charge on any atom is -0.481 e. The number of rotatable bonds is 8. The molecule has 0 aromatic heterocycles. The van der Waals surface area contributed by atoms with Gasteiger partial charge in [0.1, 0.15) is 0 Å². The lowest BCUT2D eigenvalue weighted by Crippen LogP contribution is -2.11. The summed E-state index contributed by atoms with van der Waals surface area (Å²) in [5.74, 6) is -1.52. The quantitative estimate of drug-likeness (QED) is 0.394. The molecule has 0 aliphatic heterocycles. The third kappa shape index (κ3) is 7.04. The van der Waals surface area contributed by atoms with Crippen LogP contribution in [0.15, 0.2) is 11.6 Å². The molecule has 0 aromatic rings. The van der Waals surface area contributed by atoms with Crippen molar-refractivity contribution in [3.05, 3.63) is 11.6 Å². The van der Waals surface area contributed by atoms with Gasteiger partial charge in [-0.25, -0.2) is 4.79 Å². The Morgan fingerprint density at radius 2 is 1.94 bits per heavy atom. The van der Waals surface area contributed by atoms with E-state index in [2.05, 4.69) is 6.92 Å². The zero-order chi connectivity index (χ0) is 12.4. The van der Waals surface area contributed by atoms with Gasteiger partial charge in [-0.15, -0.1) is 0 Å². The average molecular weight is 228 g/mol. The summed E-state index contributed by atoms with van der Waals surface area (Å²) in [5.41, 5.74) is 0.255. The number of hydrogen-bond donors (Lipinski definition) is 1. The van der Waals surface area contributed by atoms with Crippen LogP contribution in [0.3, 0.4) is 0 Å². The molecule has 0 aliphatic carbocycles. The molecule has 92 valence electrons. The highest BCUT2D eigenvalue weighted by Gasteiger charge is 2.13. The second kappa shape index (κ2) is 8.95. The van der Waals surface area contributed by atoms with Crippen molar-refractivity contribution in [3.63, 3.8) is 0 Å². The summed E-state index contributed by atoms with van der Waals surface area (Å²) < 4.78 is 4.79. The maximum absolute atomic E-state index is 11.4. The van der Waals surface area contributed by atoms with Crippen LogP contribution in [0, 0.1) is 0 Å². The number of carbonyl (C=O) groups is 2. The van der Waals surface area contributed by atoms with Gasteiger partial charge in [-0.1, -0.05) is 25.8 Å². The van der Waals surface area contributed by atoms with Gasteiger partial charge in [0.15, 0.2) is 0 Å². The van der Waals surface area contributed by atoms with Crippen LogP contribution in [0.4, 0.5) is 0 Å². The molecule has 1 N–H and O–H groups in total. The number of ether oxygens (including phenoxy) is 1. The number of esters is 1. The van der Waals surface area contributed by atoms with Crippen molar-refractivity contribution >= 4 is 11.9 Å². The molecule has 0 saturated carbocycles. The molecule has 0 saturated heterocycles. The molecule has 4 heteroatoms. The Balaban J connectivity index is 4.28. The predicted molar refractivity (Wildman–Crippen MR) is 61.1 cm³/mol. The first kappa shape index (κ1) is 14.7. The number of allylic oxidation sites excluding steroid dienone is 1. The number of hydrogen-bond acceptors (Lipinski definition) is 3. The van der Waals surface area contributed by atoms with E-state index in [-0.39, 0.29) is 18.6 Å². The molecule has 0 atom stereocenters. The van der Waals surface area contributed by atoms with E-state index in [9.17, 15) is 9.59 Å². The standard InChI is InChI=1S/C12H20O4/c1-3-5-6-7-8-10(9-11(13)14)12(15)16-4-2/h8H,3-7,9H2,1-2H3,(H,13,14)/b10-8+. The average Bonchev–Trinajstić information content (AvgIpc) is 2.22. The maximum atomic E-state index is 11.4. The van der Waals surface area contributed by atoms with Crippen molar-refractivity contribution in [1.29, 1.82) is 0 Å². The Bertz CT molecular complexity index is 256. The lowest BCUT2D eigenvalue weighted by Gasteiger charge is -2.04. The Morgan fingerprint density at radius 3 is 2.44 bits per heavy atom. The fraction of sp³-hybridized carbons (Fsp3) is 0.667. The molecular weight excluding hydrogens is 208 g/mol. The molecule has 0 amide bonds. The molecule has 4 nitrogen and oxygen atoms in total. The van der Waals surface area contributed by atoms with Crippen LogP contribution in [0.1, 0.15) is 46.0 Å². The Kier molecular flexibility index (Phi) is 8.21. The molecule has 0 heterocycles. The Morgan fingerprint density at radius 1 is 1.25 bits per heavy atom. The van der Waals surface area contributed by atoms with Gasteiger partial charge in [0.2, 0.25) is 0 Å². The molecule has 0 aliphatic rings. The lowest BCUT2D eigenvalue weighted by atomic mass is 10.1. The Labute approximate surface area is 96.3 Å². The maximum Gasteiger partial charge on any atom is 0.334 e. The van der Waals surface area contributed by atoms with E-state index in [4.69, 9.17) is 9.84 Å². The molecule has 0 spiro atoms. The second-order valence-electron chi connectivity index (χ2n) is 3.52. The van der Waals surface area contributed by atoms with Crippen molar-refractivity contribution in [1.82, 2.24) is 0 Å². The number of carbonyl (C=O) groups excluding carboxylic acids is 1. The van der Waals surface area contributed by atoms with Gasteiger partial charge >= 0.3 is 11.9 Å². The van der Waals surface area contributed by atoms with Crippen LogP contribution in [-0.2, 0) is 14.3 Å². The molecular formula is C12H20O4. The zero-order valence-electron chi connectivity index (χ0n) is 9.99. The van der Waals surface area contributed by atoms with Gasteiger partial charge < -0.3 is 9.84 Å². The van der Waals surface area contributed by atoms with Gasteiger partial charge in [-0.05, 0) is 19.8 Å². The third-order valence-electron chi connectivity index (χ3n) is 2.08. The van der Waals surface area contributed by atoms with E-state index < -0.39 is 11.9 Å². The molecule has 0 rings (SSSR count). The van der Waals surface area contributed by atoms with E-state index in [1.165, 1.54) is 0 Å². The number of carboxylic acids is 1. The van der Waals surface area contributed by atoms with Gasteiger partial charge in [-0.2, -0.15) is 0 Å². The third-order valence-corrected chi connectivity index (χ3v) is 2.08. The minimum atomic E-state index is -1.00. The number of carboxylic acid groups (broad SMARTS) is 1. The van der Waals surface area contributed by atoms with Crippen molar-refractivity contribution < 1.29 is 19.4 Å². The van der Waals surface area contributed by atoms with Gasteiger partial charge in [0.05, 0.1) is 13.0 Å². The summed E-state index contributed by atoms with van der Waals surface area (Å²) in [6.45, 7) is 4.06. The highest BCUT2D eigenvalue weighted by molar-refractivity contribution is 5.93. The minimum absolute atomic E-state index is 0.255. The van der Waals surface area contributed by atoms with Crippen LogP contribution < -0.4 is 0 Å². The fourth-order valence-corrected chi connectivity index (χ4v) is 1.29. The van der Waals surface area contributed by atoms with Crippen molar-refractivity contribution in [3.8, 4) is 0 Å². The number of aliphatic carboxylic acids is 1. The lowest BCUT2D eigenvalue weighted by molar-refractivity contribution is -0.142. The van der Waals surface area contributed by atoms with Crippen molar-refractivity contribution in [2.24, 2.45) is 0 Å². The van der Waals surface area contributed by atoms with Crippen molar-refractivity contribution in [2.45, 2.75) is 46.0 Å². The summed E-state index contributed by atoms with van der Waals surface area (Å²) in [5, 5.41) is 8.66. The van der Waals surface area contributed by atoms with Gasteiger partial charge in [0, 0.05) is 5.57 Å². The van der Waals surface area contributed by atoms with Crippen LogP contribution in [-0.4, -0.2) is 23.7 Å². The molecule has 0 aromatic carbocycles. The molecule has 16 heavy (non-hydrogen) atoms. The first-order chi connectivity index (χ1) is 7.61. The van der Waals surface area contributed by atoms with E-state index in [0.717, 1.165) is 25.7 Å². The number of unbranched alkanes of at least 4 members (excludes halogenated alkanes) is 3. The zero-order valence-corrected chi connectivity index (χ0v) is 9.99. The first-order valence-electron chi connectivity index (χ1n) is 5.69. The van der Waals surface area contributed by atoms with E-state index in [1.54, 1.807) is 13.0 Å². The van der Waals surface area contributed by atoms with E-state index >= 15 is 0 Å². The SMILES string of the molecule is CCCCC/C=C(\CC(=O)O)C(=O)OCC. The first-order valence-corrected chi connectivity index (χ1v) is 5.69. The molecule has 0 unspecified atom stereocenters. The van der Waals surface area contributed by atoms with E-state index in [1.807, 2.05) is 0 Å². The molecule has 0 fully saturated rings. The summed E-state index contributed by atoms with van der Waals surface area (Å²) >= 11 is 0. The van der Waals surface area contributed by atoms with Gasteiger partial charge in [-0.3, -0.25) is 4.79 Å². The highest BCUT2D eigenvalue weighted by atomic mass is 16.5. The Hall–Kier alpha value is -1.32. The van der Waals surface area contributed by atoms with Crippen LogP contribution >= 0.6 is 0 Å². The summed E-state index contributed by atoms with van der Waals surface area (Å²) in [6, 6.07) is 0. The second-order valence-corrected chi connectivity index (χ2v) is 3.52. The highest BCUT2D eigenvalue weighted by Crippen LogP contribution is 2.09. The van der Waals surface area contributed by atoms with Crippen LogP contribution in [0.25, 0.3) is 0 Å². The van der Waals surface area contributed by atoms with Crippen LogP contribution in [0.5, 0.6) is 0 Å². The topological polar surface area (TPSA) is 63.6 Å². The fourth-order valence-electron chi connectivity index (χ4n) is 1.29. The largest absolute Gasteiger partial charge is 0.481 e. The summed E-state index contributed by atoms with van der Waals surface area (Å²) in [4.78, 5) is 21.9. The monoisotopic (exact) mass is 228 g/mol. The predicted octanol–water partition coefficient (Wildman–Crippen LogP) is 2.53. The summed E-state index contributed by atoms with van der Waals surface area (Å²) in [7, 11) is 0. The van der Waals surface area contributed by atoms with Gasteiger partial charge in [0.25, 0.3) is 0 Å². The van der Waals surface area contributed by atoms with Crippen LogP contribution in [0.2, 0.25) is 0 Å². The molecule has 0 bridgehead atoms. The normalized spacial score (nSPS) is 11.2. The summed E-state index contributed by atoms with van der Waals surface area (Å²) in [6.07, 6.45) is 5.31.